The first-order valence-electron chi connectivity index (χ1n) is 9.05. The molecule has 7 nitrogen and oxygen atoms in total. The molecule has 2 heterocycles. The largest absolute Gasteiger partial charge is 0.434 e. The van der Waals surface area contributed by atoms with E-state index in [1.807, 2.05) is 34.6 Å². The molecule has 9 heteroatoms. The summed E-state index contributed by atoms with van der Waals surface area (Å²) in [7, 11) is -1.41. The summed E-state index contributed by atoms with van der Waals surface area (Å²) in [5.74, 6) is -0.379. The number of aromatic nitrogens is 3. The monoisotopic (exact) mass is 440 g/mol. The van der Waals surface area contributed by atoms with Gasteiger partial charge in [-0.05, 0) is 54.1 Å². The lowest BCUT2D eigenvalue weighted by Crippen LogP contribution is -2.25. The molecule has 0 spiro atoms. The number of aromatic amines is 1. The third kappa shape index (κ3) is 4.91. The summed E-state index contributed by atoms with van der Waals surface area (Å²) in [4.78, 5) is 16.2. The van der Waals surface area contributed by atoms with Crippen LogP contribution in [0.15, 0.2) is 87.0 Å². The fraction of sp³-hybridized carbons (Fsp3) is 0.0952. The molecular formula is C21H17ClN4O3S. The molecular weight excluding hydrogens is 424 g/mol. The third-order valence-corrected chi connectivity index (χ3v) is 5.97. The molecule has 0 saturated carbocycles. The fourth-order valence-corrected chi connectivity index (χ4v) is 4.16. The molecule has 0 aliphatic rings. The summed E-state index contributed by atoms with van der Waals surface area (Å²) in [5, 5.41) is 6.66. The van der Waals surface area contributed by atoms with E-state index in [4.69, 9.17) is 16.0 Å². The molecule has 0 bridgehead atoms. The number of nitrogens with zero attached hydrogens (tertiary/aromatic N) is 3. The van der Waals surface area contributed by atoms with E-state index in [0.29, 0.717) is 28.6 Å². The van der Waals surface area contributed by atoms with Gasteiger partial charge in [0, 0.05) is 23.3 Å². The van der Waals surface area contributed by atoms with E-state index in [1.54, 1.807) is 42.6 Å². The Morgan fingerprint density at radius 1 is 1.00 bits per heavy atom. The molecule has 0 aliphatic heterocycles. The van der Waals surface area contributed by atoms with E-state index in [1.165, 1.54) is 0 Å². The Kier molecular flexibility index (Phi) is 6.18. The van der Waals surface area contributed by atoms with E-state index < -0.39 is 16.7 Å². The second kappa shape index (κ2) is 9.17. The standard InChI is InChI=1S/C21H17ClN4O3S/c22-17-8-10-19(11-9-17)30(28)26(14-18-3-1-2-12-23-18)13-15-4-6-16(7-5-15)20-24-25-21(27)29-20/h1-12H,13-14H2,(H,25,27). The van der Waals surface area contributed by atoms with Crippen molar-refractivity contribution < 1.29 is 8.63 Å². The van der Waals surface area contributed by atoms with Crippen molar-refractivity contribution in [1.29, 1.82) is 0 Å². The molecule has 0 aliphatic carbocycles. The lowest BCUT2D eigenvalue weighted by atomic mass is 10.1. The summed E-state index contributed by atoms with van der Waals surface area (Å²) in [5.41, 5.74) is 2.43. The Bertz CT molecular complexity index is 1190. The molecule has 0 saturated heterocycles. The van der Waals surface area contributed by atoms with Crippen LogP contribution in [0.2, 0.25) is 5.02 Å². The van der Waals surface area contributed by atoms with Crippen LogP contribution < -0.4 is 5.76 Å². The van der Waals surface area contributed by atoms with Gasteiger partial charge in [0.1, 0.15) is 11.0 Å². The van der Waals surface area contributed by atoms with Crippen molar-refractivity contribution in [2.45, 2.75) is 18.0 Å². The Morgan fingerprint density at radius 3 is 2.40 bits per heavy atom. The quantitative estimate of drug-likeness (QED) is 0.472. The molecule has 4 rings (SSSR count). The normalized spacial score (nSPS) is 12.2. The number of nitrogens with one attached hydrogen (secondary N) is 1. The molecule has 0 fully saturated rings. The highest BCUT2D eigenvalue weighted by Gasteiger charge is 2.17. The van der Waals surface area contributed by atoms with Crippen molar-refractivity contribution in [1.82, 2.24) is 19.5 Å². The second-order valence-corrected chi connectivity index (χ2v) is 8.36. The lowest BCUT2D eigenvalue weighted by Gasteiger charge is -2.21. The maximum Gasteiger partial charge on any atom is 0.434 e. The maximum absolute atomic E-state index is 13.3. The Morgan fingerprint density at radius 2 is 1.77 bits per heavy atom. The van der Waals surface area contributed by atoms with E-state index in [2.05, 4.69) is 15.2 Å². The van der Waals surface area contributed by atoms with Gasteiger partial charge in [0.25, 0.3) is 0 Å². The first-order chi connectivity index (χ1) is 14.6. The summed E-state index contributed by atoms with van der Waals surface area (Å²) in [6.45, 7) is 0.836. The highest BCUT2D eigenvalue weighted by Crippen LogP contribution is 2.21. The van der Waals surface area contributed by atoms with Crippen molar-refractivity contribution >= 4 is 22.6 Å². The van der Waals surface area contributed by atoms with Crippen molar-refractivity contribution in [2.24, 2.45) is 0 Å². The minimum Gasteiger partial charge on any atom is -0.388 e. The number of hydrogen-bond acceptors (Lipinski definition) is 5. The Labute approximate surface area is 179 Å². The zero-order chi connectivity index (χ0) is 20.9. The highest BCUT2D eigenvalue weighted by atomic mass is 35.5. The number of hydrogen-bond donors (Lipinski definition) is 1. The molecule has 4 aromatic rings. The SMILES string of the molecule is O=c1[nH]nc(-c2ccc(CN(Cc3ccccn3)S(=O)c3ccc(Cl)cc3)cc2)o1. The molecule has 152 valence electrons. The van der Waals surface area contributed by atoms with Crippen molar-refractivity contribution in [3.63, 3.8) is 0 Å². The maximum atomic E-state index is 13.3. The molecule has 2 aromatic heterocycles. The van der Waals surface area contributed by atoms with Crippen LogP contribution in [0.4, 0.5) is 0 Å². The van der Waals surface area contributed by atoms with Gasteiger partial charge < -0.3 is 4.42 Å². The zero-order valence-electron chi connectivity index (χ0n) is 15.7. The van der Waals surface area contributed by atoms with Gasteiger partial charge in [-0.15, -0.1) is 5.10 Å². The van der Waals surface area contributed by atoms with Crippen LogP contribution in [0, 0.1) is 0 Å². The van der Waals surface area contributed by atoms with Gasteiger partial charge in [0.15, 0.2) is 0 Å². The van der Waals surface area contributed by atoms with E-state index in [0.717, 1.165) is 11.3 Å². The number of H-pyrrole nitrogens is 1. The molecule has 1 unspecified atom stereocenters. The van der Waals surface area contributed by atoms with Gasteiger partial charge in [0.05, 0.1) is 17.1 Å². The summed E-state index contributed by atoms with van der Waals surface area (Å²) in [6.07, 6.45) is 1.71. The molecule has 0 radical (unpaired) electrons. The zero-order valence-corrected chi connectivity index (χ0v) is 17.3. The summed E-state index contributed by atoms with van der Waals surface area (Å²) < 4.78 is 20.1. The number of rotatable bonds is 7. The molecule has 1 N–H and O–H groups in total. The minimum atomic E-state index is -1.41. The Hall–Kier alpha value is -3.07. The van der Waals surface area contributed by atoms with Gasteiger partial charge >= 0.3 is 5.76 Å². The summed E-state index contributed by atoms with van der Waals surface area (Å²) in [6, 6.07) is 20.0. The first kappa shape index (κ1) is 20.2. The van der Waals surface area contributed by atoms with E-state index in [9.17, 15) is 9.00 Å². The summed E-state index contributed by atoms with van der Waals surface area (Å²) >= 11 is 5.97. The van der Waals surface area contributed by atoms with Crippen LogP contribution >= 0.6 is 11.6 Å². The smallest absolute Gasteiger partial charge is 0.388 e. The van der Waals surface area contributed by atoms with E-state index in [-0.39, 0.29) is 5.89 Å². The van der Waals surface area contributed by atoms with Gasteiger partial charge in [-0.2, -0.15) is 0 Å². The van der Waals surface area contributed by atoms with Gasteiger partial charge in [0.2, 0.25) is 5.89 Å². The van der Waals surface area contributed by atoms with Crippen LogP contribution in [0.1, 0.15) is 11.3 Å². The lowest BCUT2D eigenvalue weighted by molar-refractivity contribution is 0.429. The van der Waals surface area contributed by atoms with Crippen molar-refractivity contribution in [3.8, 4) is 11.5 Å². The number of pyridine rings is 1. The third-order valence-electron chi connectivity index (χ3n) is 4.31. The fourth-order valence-electron chi connectivity index (χ4n) is 2.86. The van der Waals surface area contributed by atoms with Crippen molar-refractivity contribution in [2.75, 3.05) is 0 Å². The van der Waals surface area contributed by atoms with Crippen LogP contribution in [-0.2, 0) is 24.1 Å². The average molecular weight is 441 g/mol. The average Bonchev–Trinajstić information content (AvgIpc) is 3.21. The number of benzene rings is 2. The predicted octanol–water partition coefficient (Wildman–Crippen LogP) is 3.80. The van der Waals surface area contributed by atoms with Crippen LogP contribution in [0.25, 0.3) is 11.5 Å². The predicted molar refractivity (Wildman–Crippen MR) is 114 cm³/mol. The second-order valence-electron chi connectivity index (χ2n) is 6.44. The van der Waals surface area contributed by atoms with Crippen molar-refractivity contribution in [3.05, 3.63) is 99.8 Å². The van der Waals surface area contributed by atoms with Gasteiger partial charge in [-0.1, -0.05) is 29.8 Å². The molecule has 1 atom stereocenters. The first-order valence-corrected chi connectivity index (χ1v) is 10.5. The van der Waals surface area contributed by atoms with Crippen LogP contribution in [0.5, 0.6) is 0 Å². The molecule has 0 amide bonds. The molecule has 2 aromatic carbocycles. The van der Waals surface area contributed by atoms with E-state index >= 15 is 0 Å². The van der Waals surface area contributed by atoms with Crippen LogP contribution in [-0.4, -0.2) is 23.7 Å². The Balaban J connectivity index is 1.58. The highest BCUT2D eigenvalue weighted by molar-refractivity contribution is 7.82. The molecule has 30 heavy (non-hydrogen) atoms. The topological polar surface area (TPSA) is 92.1 Å². The minimum absolute atomic E-state index is 0.224. The van der Waals surface area contributed by atoms with Gasteiger partial charge in [-0.3, -0.25) is 4.98 Å². The number of halogens is 1. The van der Waals surface area contributed by atoms with Crippen LogP contribution in [0.3, 0.4) is 0 Å². The van der Waals surface area contributed by atoms with Gasteiger partial charge in [-0.25, -0.2) is 18.4 Å².